The van der Waals surface area contributed by atoms with Crippen molar-refractivity contribution in [2.24, 2.45) is 0 Å². The maximum Gasteiger partial charge on any atom is 0.336 e. The van der Waals surface area contributed by atoms with Crippen LogP contribution in [0.1, 0.15) is 50.2 Å². The van der Waals surface area contributed by atoms with E-state index in [1.54, 1.807) is 11.8 Å². The third-order valence-corrected chi connectivity index (χ3v) is 5.94. The zero-order valence-electron chi connectivity index (χ0n) is 16.3. The molecule has 1 atom stereocenters. The predicted molar refractivity (Wildman–Crippen MR) is 110 cm³/mol. The van der Waals surface area contributed by atoms with E-state index in [-0.39, 0.29) is 17.7 Å². The molecule has 2 aliphatic rings. The first kappa shape index (κ1) is 19.7. The maximum atomic E-state index is 12.9. The highest BCUT2D eigenvalue weighted by Crippen LogP contribution is 2.42. The summed E-state index contributed by atoms with van der Waals surface area (Å²) in [6.45, 7) is 6.40. The van der Waals surface area contributed by atoms with Gasteiger partial charge in [-0.1, -0.05) is 36.8 Å². The zero-order valence-corrected chi connectivity index (χ0v) is 17.1. The van der Waals surface area contributed by atoms with Crippen LogP contribution in [0.25, 0.3) is 0 Å². The quantitative estimate of drug-likeness (QED) is 0.586. The number of esters is 1. The average Bonchev–Trinajstić information content (AvgIpc) is 2.65. The van der Waals surface area contributed by atoms with Gasteiger partial charge in [0.1, 0.15) is 6.61 Å². The Morgan fingerprint density at radius 1 is 1.22 bits per heavy atom. The van der Waals surface area contributed by atoms with Crippen molar-refractivity contribution in [1.29, 1.82) is 0 Å². The monoisotopic (exact) mass is 385 g/mol. The van der Waals surface area contributed by atoms with Crippen molar-refractivity contribution in [1.82, 2.24) is 5.32 Å². The normalized spacial score (nSPS) is 19.7. The van der Waals surface area contributed by atoms with Gasteiger partial charge in [0.2, 0.25) is 0 Å². The second-order valence-corrected chi connectivity index (χ2v) is 8.40. The molecule has 27 heavy (non-hydrogen) atoms. The van der Waals surface area contributed by atoms with E-state index in [0.29, 0.717) is 18.6 Å². The molecular formula is C22H27NO3S. The Labute approximate surface area is 165 Å². The Balaban J connectivity index is 1.97. The summed E-state index contributed by atoms with van der Waals surface area (Å²) in [4.78, 5) is 25.7. The van der Waals surface area contributed by atoms with Crippen molar-refractivity contribution >= 4 is 23.5 Å². The Bertz CT molecular complexity index is 792. The number of benzene rings is 1. The van der Waals surface area contributed by atoms with E-state index < -0.39 is 0 Å². The number of hydrogen-bond donors (Lipinski definition) is 1. The molecule has 3 rings (SSSR count). The molecule has 0 fully saturated rings. The van der Waals surface area contributed by atoms with Crippen LogP contribution < -0.4 is 5.32 Å². The summed E-state index contributed by atoms with van der Waals surface area (Å²) in [5.41, 5.74) is 5.19. The Kier molecular flexibility index (Phi) is 6.42. The highest BCUT2D eigenvalue weighted by atomic mass is 32.2. The second-order valence-electron chi connectivity index (χ2n) is 7.01. The summed E-state index contributed by atoms with van der Waals surface area (Å²) in [6.07, 6.45) is 2.24. The number of thioether (sulfide) groups is 1. The third kappa shape index (κ3) is 4.29. The van der Waals surface area contributed by atoms with Crippen LogP contribution in [0.5, 0.6) is 0 Å². The molecule has 0 radical (unpaired) electrons. The van der Waals surface area contributed by atoms with Crippen LogP contribution in [0.3, 0.4) is 0 Å². The predicted octanol–water partition coefficient (Wildman–Crippen LogP) is 4.26. The number of ether oxygens (including phenoxy) is 1. The minimum Gasteiger partial charge on any atom is -0.461 e. The lowest BCUT2D eigenvalue weighted by atomic mass is 9.75. The molecule has 1 heterocycles. The van der Waals surface area contributed by atoms with Crippen molar-refractivity contribution in [3.63, 3.8) is 0 Å². The molecule has 0 spiro atoms. The van der Waals surface area contributed by atoms with Crippen LogP contribution in [0, 0.1) is 6.92 Å². The Hall–Kier alpha value is -2.01. The fourth-order valence-corrected chi connectivity index (χ4v) is 4.25. The maximum absolute atomic E-state index is 12.9. The molecule has 0 unspecified atom stereocenters. The number of Topliss-reactive ketones (excluding diaryl/α,β-unsaturated/α-hetero) is 1. The summed E-state index contributed by atoms with van der Waals surface area (Å²) in [7, 11) is 0. The van der Waals surface area contributed by atoms with Crippen molar-refractivity contribution in [3.05, 3.63) is 57.9 Å². The van der Waals surface area contributed by atoms with Crippen LogP contribution in [0.2, 0.25) is 0 Å². The van der Waals surface area contributed by atoms with Gasteiger partial charge in [-0.3, -0.25) is 4.79 Å². The van der Waals surface area contributed by atoms with Gasteiger partial charge in [-0.2, -0.15) is 11.8 Å². The van der Waals surface area contributed by atoms with Gasteiger partial charge in [-0.15, -0.1) is 0 Å². The van der Waals surface area contributed by atoms with Crippen LogP contribution in [0.4, 0.5) is 0 Å². The summed E-state index contributed by atoms with van der Waals surface area (Å²) < 4.78 is 5.55. The summed E-state index contributed by atoms with van der Waals surface area (Å²) in [5.74, 6) is 1.24. The standard InChI is InChI=1S/C22H27NO3S/c1-4-27-13-12-26-22(25)19-15(3)23-17-6-5-7-18(24)21(17)20(19)16-10-8-14(2)9-11-16/h8-11,20,23H,4-7,12-13H2,1-3H3/t20-/m0/s1. The highest BCUT2D eigenvalue weighted by Gasteiger charge is 2.38. The number of carbonyl (C=O) groups excluding carboxylic acids is 2. The van der Waals surface area contributed by atoms with Crippen LogP contribution in [-0.2, 0) is 14.3 Å². The van der Waals surface area contributed by atoms with Gasteiger partial charge >= 0.3 is 5.97 Å². The van der Waals surface area contributed by atoms with E-state index in [0.717, 1.165) is 52.4 Å². The molecule has 144 valence electrons. The van der Waals surface area contributed by atoms with E-state index in [1.807, 2.05) is 38.1 Å². The van der Waals surface area contributed by atoms with Crippen molar-refractivity contribution in [2.75, 3.05) is 18.1 Å². The molecule has 1 aromatic rings. The number of allylic oxidation sites excluding steroid dienone is 3. The van der Waals surface area contributed by atoms with Crippen LogP contribution in [-0.4, -0.2) is 29.9 Å². The van der Waals surface area contributed by atoms with Gasteiger partial charge in [0.15, 0.2) is 5.78 Å². The van der Waals surface area contributed by atoms with Crippen molar-refractivity contribution in [2.45, 2.75) is 46.0 Å². The first-order valence-electron chi connectivity index (χ1n) is 9.58. The fourth-order valence-electron chi connectivity index (χ4n) is 3.76. The first-order valence-corrected chi connectivity index (χ1v) is 10.7. The van der Waals surface area contributed by atoms with E-state index >= 15 is 0 Å². The molecule has 0 bridgehead atoms. The van der Waals surface area contributed by atoms with Gasteiger partial charge in [0, 0.05) is 35.1 Å². The number of aryl methyl sites for hydroxylation is 1. The van der Waals surface area contributed by atoms with Crippen molar-refractivity contribution in [3.8, 4) is 0 Å². The molecule has 1 aliphatic carbocycles. The van der Waals surface area contributed by atoms with E-state index in [1.165, 1.54) is 0 Å². The molecule has 5 heteroatoms. The summed E-state index contributed by atoms with van der Waals surface area (Å²) >= 11 is 1.74. The van der Waals surface area contributed by atoms with Gasteiger partial charge in [0.25, 0.3) is 0 Å². The molecule has 1 aromatic carbocycles. The van der Waals surface area contributed by atoms with Crippen LogP contribution >= 0.6 is 11.8 Å². The lowest BCUT2D eigenvalue weighted by Crippen LogP contribution is -2.34. The Morgan fingerprint density at radius 2 is 1.96 bits per heavy atom. The van der Waals surface area contributed by atoms with Gasteiger partial charge in [0.05, 0.1) is 5.57 Å². The number of rotatable bonds is 6. The SMILES string of the molecule is CCSCCOC(=O)C1=C(C)NC2=C(C(=O)CCC2)[C@H]1c1ccc(C)cc1. The minimum atomic E-state index is -0.346. The van der Waals surface area contributed by atoms with Gasteiger partial charge < -0.3 is 10.1 Å². The number of dihydropyridines is 1. The molecule has 1 aliphatic heterocycles. The third-order valence-electron chi connectivity index (χ3n) is 5.07. The van der Waals surface area contributed by atoms with E-state index in [2.05, 4.69) is 12.2 Å². The van der Waals surface area contributed by atoms with Gasteiger partial charge in [-0.25, -0.2) is 4.79 Å². The lowest BCUT2D eigenvalue weighted by Gasteiger charge is -2.34. The van der Waals surface area contributed by atoms with Crippen LogP contribution in [0.15, 0.2) is 46.8 Å². The molecule has 4 nitrogen and oxygen atoms in total. The summed E-state index contributed by atoms with van der Waals surface area (Å²) in [5, 5.41) is 3.32. The molecule has 1 N–H and O–H groups in total. The molecule has 0 amide bonds. The summed E-state index contributed by atoms with van der Waals surface area (Å²) in [6, 6.07) is 8.10. The van der Waals surface area contributed by atoms with E-state index in [9.17, 15) is 9.59 Å². The number of carbonyl (C=O) groups is 2. The average molecular weight is 386 g/mol. The Morgan fingerprint density at radius 3 is 2.67 bits per heavy atom. The lowest BCUT2D eigenvalue weighted by molar-refractivity contribution is -0.138. The van der Waals surface area contributed by atoms with Gasteiger partial charge in [-0.05, 0) is 38.0 Å². The highest BCUT2D eigenvalue weighted by molar-refractivity contribution is 7.99. The van der Waals surface area contributed by atoms with E-state index in [4.69, 9.17) is 4.74 Å². The molecule has 0 saturated carbocycles. The number of ketones is 1. The van der Waals surface area contributed by atoms with Crippen molar-refractivity contribution < 1.29 is 14.3 Å². The smallest absolute Gasteiger partial charge is 0.336 e. The largest absolute Gasteiger partial charge is 0.461 e. The fraction of sp³-hybridized carbons (Fsp3) is 0.455. The molecular weight excluding hydrogens is 358 g/mol. The first-order chi connectivity index (χ1) is 13.0. The number of hydrogen-bond acceptors (Lipinski definition) is 5. The topological polar surface area (TPSA) is 55.4 Å². The minimum absolute atomic E-state index is 0.133. The zero-order chi connectivity index (χ0) is 19.4. The molecule has 0 saturated heterocycles. The number of nitrogens with one attached hydrogen (secondary N) is 1. The molecule has 0 aromatic heterocycles. The second kappa shape index (κ2) is 8.79.